The van der Waals surface area contributed by atoms with Crippen molar-refractivity contribution in [3.8, 4) is 68.6 Å². The van der Waals surface area contributed by atoms with Gasteiger partial charge in [0.1, 0.15) is 23.3 Å². The summed E-state index contributed by atoms with van der Waals surface area (Å²) in [5, 5.41) is 20.9. The first-order valence-electron chi connectivity index (χ1n) is 18.3. The van der Waals surface area contributed by atoms with Crippen LogP contribution in [-0.2, 0) is 5.41 Å². The van der Waals surface area contributed by atoms with Crippen molar-refractivity contribution < 1.29 is 0 Å². The molecular formula is C49H36N6. The van der Waals surface area contributed by atoms with Gasteiger partial charge in [-0.1, -0.05) is 172 Å². The Bertz CT molecular complexity index is 2650. The van der Waals surface area contributed by atoms with E-state index in [0.29, 0.717) is 45.6 Å². The minimum atomic E-state index is -0.368. The molecule has 0 fully saturated rings. The zero-order chi connectivity index (χ0) is 37.8. The van der Waals surface area contributed by atoms with E-state index in [1.807, 2.05) is 103 Å². The van der Waals surface area contributed by atoms with Crippen LogP contribution < -0.4 is 0 Å². The van der Waals surface area contributed by atoms with Crippen LogP contribution in [0.2, 0.25) is 0 Å². The lowest BCUT2D eigenvalue weighted by Crippen LogP contribution is -2.18. The van der Waals surface area contributed by atoms with Gasteiger partial charge in [-0.05, 0) is 24.0 Å². The van der Waals surface area contributed by atoms with Gasteiger partial charge in [0.05, 0.1) is 22.8 Å². The summed E-state index contributed by atoms with van der Waals surface area (Å²) in [5.41, 5.74) is 10.4. The molecule has 0 radical (unpaired) electrons. The molecule has 0 aliphatic heterocycles. The first-order valence-corrected chi connectivity index (χ1v) is 18.3. The SMILES string of the molecule is CC(C)(c1ccc(-c2nc(C3=CCCC=C3)nc(-c3ccccc3)c2C#N)cc1)c1ccc(-c2nc(-c3ccccc3)nc(-c3ccccc3)c2C#N)cc1. The van der Waals surface area contributed by atoms with Gasteiger partial charge in [-0.25, -0.2) is 19.9 Å². The summed E-state index contributed by atoms with van der Waals surface area (Å²) in [4.78, 5) is 19.8. The van der Waals surface area contributed by atoms with Gasteiger partial charge in [-0.2, -0.15) is 10.5 Å². The third-order valence-corrected chi connectivity index (χ3v) is 10.2. The van der Waals surface area contributed by atoms with Gasteiger partial charge in [0.15, 0.2) is 11.6 Å². The number of nitrogens with zero attached hydrogens (tertiary/aromatic N) is 6. The lowest BCUT2D eigenvalue weighted by Gasteiger charge is -2.27. The highest BCUT2D eigenvalue weighted by molar-refractivity contribution is 5.82. The van der Waals surface area contributed by atoms with E-state index >= 15 is 0 Å². The first-order chi connectivity index (χ1) is 26.9. The molecule has 8 rings (SSSR count). The molecule has 6 heteroatoms. The smallest absolute Gasteiger partial charge is 0.160 e. The Morgan fingerprint density at radius 2 is 0.836 bits per heavy atom. The Kier molecular flexibility index (Phi) is 9.48. The van der Waals surface area contributed by atoms with Crippen molar-refractivity contribution in [1.82, 2.24) is 19.9 Å². The number of hydrogen-bond donors (Lipinski definition) is 0. The highest BCUT2D eigenvalue weighted by Crippen LogP contribution is 2.38. The van der Waals surface area contributed by atoms with E-state index in [2.05, 4.69) is 80.6 Å². The van der Waals surface area contributed by atoms with Gasteiger partial charge in [0, 0.05) is 38.8 Å². The molecule has 6 nitrogen and oxygen atoms in total. The van der Waals surface area contributed by atoms with Crippen LogP contribution in [0.15, 0.2) is 158 Å². The zero-order valence-corrected chi connectivity index (χ0v) is 30.6. The van der Waals surface area contributed by atoms with Gasteiger partial charge < -0.3 is 0 Å². The van der Waals surface area contributed by atoms with Crippen molar-refractivity contribution in [3.63, 3.8) is 0 Å². The van der Waals surface area contributed by atoms with E-state index in [9.17, 15) is 10.5 Å². The molecule has 0 bridgehead atoms. The first kappa shape index (κ1) is 34.8. The average molecular weight is 709 g/mol. The highest BCUT2D eigenvalue weighted by atomic mass is 14.9. The fourth-order valence-corrected chi connectivity index (χ4v) is 7.04. The molecule has 1 aliphatic rings. The van der Waals surface area contributed by atoms with Crippen molar-refractivity contribution in [1.29, 1.82) is 10.5 Å². The van der Waals surface area contributed by atoms with Gasteiger partial charge in [-0.3, -0.25) is 0 Å². The summed E-state index contributed by atoms with van der Waals surface area (Å²) in [6.45, 7) is 4.39. The van der Waals surface area contributed by atoms with E-state index in [1.54, 1.807) is 0 Å². The minimum absolute atomic E-state index is 0.368. The maximum absolute atomic E-state index is 10.5. The summed E-state index contributed by atoms with van der Waals surface area (Å²) in [7, 11) is 0. The lowest BCUT2D eigenvalue weighted by atomic mass is 9.77. The molecule has 55 heavy (non-hydrogen) atoms. The number of rotatable bonds is 8. The molecule has 1 aliphatic carbocycles. The summed E-state index contributed by atoms with van der Waals surface area (Å²) < 4.78 is 0. The second-order valence-corrected chi connectivity index (χ2v) is 14.0. The minimum Gasteiger partial charge on any atom is -0.227 e. The summed E-state index contributed by atoms with van der Waals surface area (Å²) in [6, 6.07) is 51.0. The maximum atomic E-state index is 10.5. The lowest BCUT2D eigenvalue weighted by molar-refractivity contribution is 0.641. The number of benzene rings is 5. The summed E-state index contributed by atoms with van der Waals surface area (Å²) in [5.74, 6) is 1.18. The van der Waals surface area contributed by atoms with E-state index in [1.165, 1.54) is 0 Å². The Balaban J connectivity index is 1.15. The normalized spacial score (nSPS) is 12.4. The largest absolute Gasteiger partial charge is 0.227 e. The van der Waals surface area contributed by atoms with Gasteiger partial charge >= 0.3 is 0 Å². The quantitative estimate of drug-likeness (QED) is 0.156. The second-order valence-electron chi connectivity index (χ2n) is 14.0. The predicted molar refractivity (Wildman–Crippen MR) is 219 cm³/mol. The van der Waals surface area contributed by atoms with Crippen LogP contribution in [-0.4, -0.2) is 19.9 Å². The summed E-state index contributed by atoms with van der Waals surface area (Å²) in [6.07, 6.45) is 8.29. The number of hydrogen-bond acceptors (Lipinski definition) is 6. The van der Waals surface area contributed by atoms with E-state index in [4.69, 9.17) is 19.9 Å². The fraction of sp³-hybridized carbons (Fsp3) is 0.102. The van der Waals surface area contributed by atoms with Crippen molar-refractivity contribution in [3.05, 3.63) is 186 Å². The molecule has 2 aromatic heterocycles. The van der Waals surface area contributed by atoms with E-state index in [0.717, 1.165) is 57.4 Å². The van der Waals surface area contributed by atoms with Crippen LogP contribution >= 0.6 is 0 Å². The van der Waals surface area contributed by atoms with Crippen LogP contribution in [0.4, 0.5) is 0 Å². The van der Waals surface area contributed by atoms with Crippen molar-refractivity contribution >= 4 is 5.57 Å². The van der Waals surface area contributed by atoms with Crippen LogP contribution in [0.5, 0.6) is 0 Å². The summed E-state index contributed by atoms with van der Waals surface area (Å²) >= 11 is 0. The number of aromatic nitrogens is 4. The van der Waals surface area contributed by atoms with E-state index < -0.39 is 0 Å². The monoisotopic (exact) mass is 708 g/mol. The molecule has 0 atom stereocenters. The molecule has 0 saturated carbocycles. The average Bonchev–Trinajstić information content (AvgIpc) is 3.26. The van der Waals surface area contributed by atoms with Crippen LogP contribution in [0, 0.1) is 22.7 Å². The number of nitriles is 2. The molecule has 0 saturated heterocycles. The zero-order valence-electron chi connectivity index (χ0n) is 30.6. The molecular weight excluding hydrogens is 673 g/mol. The molecule has 0 amide bonds. The van der Waals surface area contributed by atoms with Crippen molar-refractivity contribution in [2.45, 2.75) is 32.1 Å². The van der Waals surface area contributed by atoms with Gasteiger partial charge in [0.2, 0.25) is 0 Å². The molecule has 262 valence electrons. The predicted octanol–water partition coefficient (Wildman–Crippen LogP) is 11.4. The molecule has 5 aromatic carbocycles. The van der Waals surface area contributed by atoms with Crippen LogP contribution in [0.1, 0.15) is 54.8 Å². The van der Waals surface area contributed by atoms with Crippen molar-refractivity contribution in [2.24, 2.45) is 0 Å². The topological polar surface area (TPSA) is 99.1 Å². The highest BCUT2D eigenvalue weighted by Gasteiger charge is 2.26. The second kappa shape index (κ2) is 15.0. The van der Waals surface area contributed by atoms with Crippen LogP contribution in [0.25, 0.3) is 62.0 Å². The standard InChI is InChI=1S/C49H36N6/c1-49(2,39-27-23-35(24-28-39)45-41(31-50)43(33-15-7-3-8-16-33)52-47(54-45)37-19-11-5-12-20-37)40-29-25-36(26-30-40)46-42(32-51)44(34-17-9-4-10-18-34)53-48(55-46)38-21-13-6-14-22-38/h3-5,7-13,15-30H,6,14H2,1-2H3. The number of allylic oxidation sites excluding steroid dienone is 4. The van der Waals surface area contributed by atoms with Gasteiger partial charge in [0.25, 0.3) is 0 Å². The Labute approximate surface area is 321 Å². The van der Waals surface area contributed by atoms with Crippen LogP contribution in [0.3, 0.4) is 0 Å². The molecule has 2 heterocycles. The Morgan fingerprint density at radius 3 is 1.22 bits per heavy atom. The Hall–Kier alpha value is -7.28. The third-order valence-electron chi connectivity index (χ3n) is 10.2. The van der Waals surface area contributed by atoms with Crippen molar-refractivity contribution in [2.75, 3.05) is 0 Å². The van der Waals surface area contributed by atoms with Gasteiger partial charge in [-0.15, -0.1) is 0 Å². The molecule has 0 unspecified atom stereocenters. The Morgan fingerprint density at radius 1 is 0.455 bits per heavy atom. The molecule has 0 N–H and O–H groups in total. The maximum Gasteiger partial charge on any atom is 0.160 e. The third kappa shape index (κ3) is 6.86. The molecule has 7 aromatic rings. The molecule has 0 spiro atoms. The fourth-order valence-electron chi connectivity index (χ4n) is 7.04. The van der Waals surface area contributed by atoms with E-state index in [-0.39, 0.29) is 5.41 Å².